The summed E-state index contributed by atoms with van der Waals surface area (Å²) in [6.45, 7) is 0. The van der Waals surface area contributed by atoms with Crippen LogP contribution in [0.3, 0.4) is 0 Å². The fourth-order valence-corrected chi connectivity index (χ4v) is 6.36. The zero-order valence-corrected chi connectivity index (χ0v) is 23.0. The second kappa shape index (κ2) is 9.58. The second-order valence-electron chi connectivity index (χ2n) is 7.89. The molecule has 0 atom stereocenters. The minimum absolute atomic E-state index is 0.0593. The van der Waals surface area contributed by atoms with E-state index >= 15 is 0 Å². The molecular formula is C24H14Cl4N2O5S2. The minimum Gasteiger partial charge on any atom is -0.456 e. The molecule has 0 aliphatic heterocycles. The third-order valence-corrected chi connectivity index (χ3v) is 9.61. The van der Waals surface area contributed by atoms with Crippen LogP contribution in [0.15, 0.2) is 87.0 Å². The molecule has 0 unspecified atom stereocenters. The molecule has 0 aliphatic rings. The van der Waals surface area contributed by atoms with Crippen LogP contribution in [0.5, 0.6) is 0 Å². The lowest BCUT2D eigenvalue weighted by molar-refractivity contribution is 0.599. The Bertz CT molecular complexity index is 1790. The van der Waals surface area contributed by atoms with Gasteiger partial charge in [0.15, 0.2) is 0 Å². The number of benzene rings is 4. The fourth-order valence-electron chi connectivity index (χ4n) is 3.62. The number of anilines is 2. The SMILES string of the molecule is O=S(=O)(Nc1ccc(Cl)c(Cl)c1)c1ccc2oc3ccc(S(=O)(=O)Nc4ccc(Cl)c(Cl)c4)cc3c2c1. The molecule has 5 aromatic rings. The van der Waals surface area contributed by atoms with Crippen LogP contribution in [0.25, 0.3) is 21.9 Å². The Hall–Kier alpha value is -2.66. The molecule has 0 aliphatic carbocycles. The molecular weight excluding hydrogens is 602 g/mol. The van der Waals surface area contributed by atoms with Crippen molar-refractivity contribution in [2.75, 3.05) is 9.44 Å². The summed E-state index contributed by atoms with van der Waals surface area (Å²) >= 11 is 23.8. The first-order valence-corrected chi connectivity index (χ1v) is 14.8. The number of nitrogens with one attached hydrogen (secondary N) is 2. The molecule has 190 valence electrons. The van der Waals surface area contributed by atoms with Gasteiger partial charge in [-0.15, -0.1) is 0 Å². The van der Waals surface area contributed by atoms with Gasteiger partial charge in [-0.2, -0.15) is 0 Å². The lowest BCUT2D eigenvalue weighted by Crippen LogP contribution is -2.13. The molecule has 0 radical (unpaired) electrons. The van der Waals surface area contributed by atoms with Crippen molar-refractivity contribution < 1.29 is 21.3 Å². The van der Waals surface area contributed by atoms with Crippen LogP contribution >= 0.6 is 46.4 Å². The summed E-state index contributed by atoms with van der Waals surface area (Å²) in [6.07, 6.45) is 0. The maximum absolute atomic E-state index is 13.0. The number of fused-ring (bicyclic) bond motifs is 3. The molecule has 2 N–H and O–H groups in total. The summed E-state index contributed by atoms with van der Waals surface area (Å²) in [6, 6.07) is 17.3. The summed E-state index contributed by atoms with van der Waals surface area (Å²) < 4.78 is 62.8. The lowest BCUT2D eigenvalue weighted by atomic mass is 10.1. The molecule has 0 amide bonds. The maximum Gasteiger partial charge on any atom is 0.261 e. The van der Waals surface area contributed by atoms with Gasteiger partial charge in [-0.05, 0) is 72.8 Å². The molecule has 5 rings (SSSR count). The van der Waals surface area contributed by atoms with E-state index in [0.717, 1.165) is 0 Å². The highest BCUT2D eigenvalue weighted by Gasteiger charge is 2.20. The second-order valence-corrected chi connectivity index (χ2v) is 12.9. The Morgan fingerprint density at radius 1 is 0.514 bits per heavy atom. The summed E-state index contributed by atoms with van der Waals surface area (Å²) in [5, 5.41) is 1.80. The van der Waals surface area contributed by atoms with Crippen molar-refractivity contribution in [3.8, 4) is 0 Å². The molecule has 4 aromatic carbocycles. The number of rotatable bonds is 6. The van der Waals surface area contributed by atoms with Crippen molar-refractivity contribution in [1.29, 1.82) is 0 Å². The highest BCUT2D eigenvalue weighted by molar-refractivity contribution is 7.93. The Balaban J connectivity index is 1.53. The Labute approximate surface area is 232 Å². The third kappa shape index (κ3) is 5.20. The summed E-state index contributed by atoms with van der Waals surface area (Å²) in [5.74, 6) is 0. The van der Waals surface area contributed by atoms with E-state index in [1.165, 1.54) is 72.8 Å². The van der Waals surface area contributed by atoms with Crippen LogP contribution in [-0.2, 0) is 20.0 Å². The van der Waals surface area contributed by atoms with Gasteiger partial charge in [-0.3, -0.25) is 9.44 Å². The molecule has 13 heteroatoms. The van der Waals surface area contributed by atoms with Crippen LogP contribution in [0, 0.1) is 0 Å². The third-order valence-electron chi connectivity index (χ3n) is 5.38. The van der Waals surface area contributed by atoms with Gasteiger partial charge >= 0.3 is 0 Å². The zero-order valence-electron chi connectivity index (χ0n) is 18.3. The van der Waals surface area contributed by atoms with E-state index in [4.69, 9.17) is 50.8 Å². The molecule has 1 aromatic heterocycles. The van der Waals surface area contributed by atoms with Crippen LogP contribution in [0.4, 0.5) is 11.4 Å². The van der Waals surface area contributed by atoms with E-state index in [1.54, 1.807) is 0 Å². The smallest absolute Gasteiger partial charge is 0.261 e. The van der Waals surface area contributed by atoms with Crippen LogP contribution < -0.4 is 9.44 Å². The van der Waals surface area contributed by atoms with E-state index in [2.05, 4.69) is 9.44 Å². The number of hydrogen-bond acceptors (Lipinski definition) is 5. The molecule has 0 spiro atoms. The molecule has 0 saturated carbocycles. The normalized spacial score (nSPS) is 12.2. The van der Waals surface area contributed by atoms with Gasteiger partial charge in [0, 0.05) is 10.8 Å². The number of sulfonamides is 2. The highest BCUT2D eigenvalue weighted by atomic mass is 35.5. The van der Waals surface area contributed by atoms with Crippen molar-refractivity contribution in [3.05, 3.63) is 92.9 Å². The van der Waals surface area contributed by atoms with E-state index in [9.17, 15) is 16.8 Å². The number of furan rings is 1. The summed E-state index contributed by atoms with van der Waals surface area (Å²) in [4.78, 5) is -0.119. The quantitative estimate of drug-likeness (QED) is 0.203. The van der Waals surface area contributed by atoms with Gasteiger partial charge in [-0.25, -0.2) is 16.8 Å². The van der Waals surface area contributed by atoms with Crippen LogP contribution in [-0.4, -0.2) is 16.8 Å². The van der Waals surface area contributed by atoms with E-state index in [1.807, 2.05) is 0 Å². The van der Waals surface area contributed by atoms with Gasteiger partial charge in [0.05, 0.1) is 41.3 Å². The molecule has 0 saturated heterocycles. The molecule has 0 bridgehead atoms. The predicted octanol–water partition coefficient (Wildman–Crippen LogP) is 7.80. The summed E-state index contributed by atoms with van der Waals surface area (Å²) in [5.41, 5.74) is 1.23. The molecule has 7 nitrogen and oxygen atoms in total. The minimum atomic E-state index is -4.02. The van der Waals surface area contributed by atoms with Crippen molar-refractivity contribution in [2.24, 2.45) is 0 Å². The van der Waals surface area contributed by atoms with E-state index in [0.29, 0.717) is 21.9 Å². The summed E-state index contributed by atoms with van der Waals surface area (Å²) in [7, 11) is -8.03. The Morgan fingerprint density at radius 3 is 1.30 bits per heavy atom. The van der Waals surface area contributed by atoms with Gasteiger partial charge in [0.1, 0.15) is 11.2 Å². The average molecular weight is 616 g/mol. The average Bonchev–Trinajstić information content (AvgIpc) is 3.21. The Kier molecular flexibility index (Phi) is 6.72. The topological polar surface area (TPSA) is 105 Å². The van der Waals surface area contributed by atoms with Crippen molar-refractivity contribution >= 4 is 99.8 Å². The standard InChI is InChI=1S/C24H14Cl4N2O5S2/c25-19-5-1-13(9-21(19)27)29-36(31,32)15-3-7-23-17(11-15)18-12-16(4-8-24(18)35-23)37(33,34)30-14-2-6-20(26)22(28)10-14/h1-12,29-30H. The fraction of sp³-hybridized carbons (Fsp3) is 0. The number of halogens is 4. The highest BCUT2D eigenvalue weighted by Crippen LogP contribution is 2.34. The van der Waals surface area contributed by atoms with Gasteiger partial charge < -0.3 is 4.42 Å². The predicted molar refractivity (Wildman–Crippen MR) is 148 cm³/mol. The molecule has 1 heterocycles. The largest absolute Gasteiger partial charge is 0.456 e. The first kappa shape index (κ1) is 26.0. The number of hydrogen-bond donors (Lipinski definition) is 2. The van der Waals surface area contributed by atoms with Gasteiger partial charge in [-0.1, -0.05) is 46.4 Å². The molecule has 0 fully saturated rings. The van der Waals surface area contributed by atoms with Gasteiger partial charge in [0.25, 0.3) is 20.0 Å². The molecule has 37 heavy (non-hydrogen) atoms. The van der Waals surface area contributed by atoms with Crippen molar-refractivity contribution in [3.63, 3.8) is 0 Å². The maximum atomic E-state index is 13.0. The van der Waals surface area contributed by atoms with Gasteiger partial charge in [0.2, 0.25) is 0 Å². The monoisotopic (exact) mass is 614 g/mol. The Morgan fingerprint density at radius 2 is 0.919 bits per heavy atom. The lowest BCUT2D eigenvalue weighted by Gasteiger charge is -2.09. The van der Waals surface area contributed by atoms with Crippen molar-refractivity contribution in [2.45, 2.75) is 9.79 Å². The van der Waals surface area contributed by atoms with E-state index < -0.39 is 20.0 Å². The van der Waals surface area contributed by atoms with Crippen molar-refractivity contribution in [1.82, 2.24) is 0 Å². The first-order chi connectivity index (χ1) is 17.4. The zero-order chi connectivity index (χ0) is 26.5. The van der Waals surface area contributed by atoms with E-state index in [-0.39, 0.29) is 41.3 Å². The van der Waals surface area contributed by atoms with Crippen LogP contribution in [0.2, 0.25) is 20.1 Å². The van der Waals surface area contributed by atoms with Crippen LogP contribution in [0.1, 0.15) is 0 Å². The first-order valence-electron chi connectivity index (χ1n) is 10.3.